The van der Waals surface area contributed by atoms with Gasteiger partial charge in [-0.05, 0) is 19.9 Å². The van der Waals surface area contributed by atoms with E-state index in [9.17, 15) is 5.11 Å². The van der Waals surface area contributed by atoms with Crippen molar-refractivity contribution in [3.63, 3.8) is 0 Å². The first-order chi connectivity index (χ1) is 8.66. The third-order valence-electron chi connectivity index (χ3n) is 2.91. The molecule has 2 heterocycles. The predicted octanol–water partition coefficient (Wildman–Crippen LogP) is 3.92. The van der Waals surface area contributed by atoms with Crippen molar-refractivity contribution in [3.05, 3.63) is 40.4 Å². The lowest BCUT2D eigenvalue weighted by Crippen LogP contribution is -1.88. The van der Waals surface area contributed by atoms with Gasteiger partial charge in [0.15, 0.2) is 0 Å². The molecular weight excluding hydrogens is 246 g/mol. The quantitative estimate of drug-likeness (QED) is 0.758. The number of aliphatic hydroxyl groups is 1. The molecule has 0 bridgehead atoms. The molecule has 0 saturated carbocycles. The van der Waals surface area contributed by atoms with Crippen LogP contribution in [0.4, 0.5) is 0 Å². The number of thiazole rings is 1. The van der Waals surface area contributed by atoms with Crippen molar-refractivity contribution in [3.8, 4) is 11.3 Å². The lowest BCUT2D eigenvalue weighted by molar-refractivity contribution is 0.199. The van der Waals surface area contributed by atoms with Crippen molar-refractivity contribution < 1.29 is 9.52 Å². The Hall–Kier alpha value is -1.65. The topological polar surface area (TPSA) is 46.3 Å². The number of aliphatic hydroxyl groups excluding tert-OH is 1. The number of hydrogen-bond donors (Lipinski definition) is 1. The van der Waals surface area contributed by atoms with Crippen LogP contribution in [0, 0.1) is 6.92 Å². The van der Waals surface area contributed by atoms with Crippen LogP contribution in [-0.2, 0) is 0 Å². The summed E-state index contributed by atoms with van der Waals surface area (Å²) in [4.78, 5) is 5.61. The van der Waals surface area contributed by atoms with Gasteiger partial charge < -0.3 is 9.52 Å². The standard InChI is InChI=1S/C14H13NO2S/c1-8(16)14-15-13(9(2)18-14)11-7-17-12-6-4-3-5-10(11)12/h3-8,16H,1-2H3. The molecule has 4 heteroatoms. The SMILES string of the molecule is Cc1sc(C(C)O)nc1-c1coc2ccccc12. The van der Waals surface area contributed by atoms with Crippen LogP contribution in [0.2, 0.25) is 0 Å². The molecule has 0 aliphatic carbocycles. The minimum atomic E-state index is -0.527. The lowest BCUT2D eigenvalue weighted by Gasteiger charge is -1.96. The third-order valence-corrected chi connectivity index (χ3v) is 4.05. The van der Waals surface area contributed by atoms with E-state index in [2.05, 4.69) is 4.98 Å². The van der Waals surface area contributed by atoms with Gasteiger partial charge in [-0.15, -0.1) is 11.3 Å². The van der Waals surface area contributed by atoms with Crippen molar-refractivity contribution >= 4 is 22.3 Å². The van der Waals surface area contributed by atoms with E-state index in [4.69, 9.17) is 4.42 Å². The Morgan fingerprint density at radius 2 is 2.11 bits per heavy atom. The molecule has 92 valence electrons. The van der Waals surface area contributed by atoms with Crippen molar-refractivity contribution in [1.82, 2.24) is 4.98 Å². The van der Waals surface area contributed by atoms with Gasteiger partial charge in [-0.1, -0.05) is 18.2 Å². The van der Waals surface area contributed by atoms with Crippen LogP contribution in [0.3, 0.4) is 0 Å². The Bertz CT molecular complexity index is 697. The molecule has 3 rings (SSSR count). The zero-order valence-corrected chi connectivity index (χ0v) is 11.0. The first-order valence-corrected chi connectivity index (χ1v) is 6.60. The van der Waals surface area contributed by atoms with Crippen molar-refractivity contribution in [2.24, 2.45) is 0 Å². The number of hydrogen-bond acceptors (Lipinski definition) is 4. The Morgan fingerprint density at radius 3 is 2.83 bits per heavy atom. The molecule has 0 fully saturated rings. The van der Waals surface area contributed by atoms with E-state index in [1.54, 1.807) is 13.2 Å². The maximum atomic E-state index is 9.60. The molecule has 0 aliphatic rings. The molecule has 3 nitrogen and oxygen atoms in total. The number of rotatable bonds is 2. The van der Waals surface area contributed by atoms with Gasteiger partial charge in [0.25, 0.3) is 0 Å². The van der Waals surface area contributed by atoms with Crippen LogP contribution in [0.5, 0.6) is 0 Å². The van der Waals surface area contributed by atoms with E-state index in [0.717, 1.165) is 32.1 Å². The van der Waals surface area contributed by atoms with Gasteiger partial charge in [-0.25, -0.2) is 4.98 Å². The number of benzene rings is 1. The van der Waals surface area contributed by atoms with E-state index in [1.165, 1.54) is 11.3 Å². The first kappa shape index (κ1) is 11.4. The maximum absolute atomic E-state index is 9.60. The molecule has 0 radical (unpaired) electrons. The molecule has 2 aromatic heterocycles. The second-order valence-electron chi connectivity index (χ2n) is 4.28. The maximum Gasteiger partial charge on any atom is 0.134 e. The fourth-order valence-electron chi connectivity index (χ4n) is 2.01. The van der Waals surface area contributed by atoms with E-state index in [0.29, 0.717) is 0 Å². The van der Waals surface area contributed by atoms with Crippen LogP contribution >= 0.6 is 11.3 Å². The summed E-state index contributed by atoms with van der Waals surface area (Å²) >= 11 is 1.53. The molecule has 1 N–H and O–H groups in total. The second-order valence-corrected chi connectivity index (χ2v) is 5.51. The van der Waals surface area contributed by atoms with Gasteiger partial charge in [0, 0.05) is 15.8 Å². The molecule has 0 aliphatic heterocycles. The summed E-state index contributed by atoms with van der Waals surface area (Å²) in [7, 11) is 0. The molecule has 1 unspecified atom stereocenters. The van der Waals surface area contributed by atoms with Gasteiger partial charge in [0.1, 0.15) is 23.0 Å². The summed E-state index contributed by atoms with van der Waals surface area (Å²) in [6.07, 6.45) is 1.21. The highest BCUT2D eigenvalue weighted by molar-refractivity contribution is 7.12. The van der Waals surface area contributed by atoms with Crippen LogP contribution in [-0.4, -0.2) is 10.1 Å². The smallest absolute Gasteiger partial charge is 0.134 e. The van der Waals surface area contributed by atoms with Gasteiger partial charge >= 0.3 is 0 Å². The Labute approximate surface area is 109 Å². The molecule has 0 saturated heterocycles. The van der Waals surface area contributed by atoms with Crippen molar-refractivity contribution in [1.29, 1.82) is 0 Å². The molecular formula is C14H13NO2S. The highest BCUT2D eigenvalue weighted by Gasteiger charge is 2.16. The van der Waals surface area contributed by atoms with Crippen molar-refractivity contribution in [2.45, 2.75) is 20.0 Å². The Morgan fingerprint density at radius 1 is 1.33 bits per heavy atom. The van der Waals surface area contributed by atoms with Crippen LogP contribution < -0.4 is 0 Å². The third kappa shape index (κ3) is 1.74. The molecule has 0 amide bonds. The number of aromatic nitrogens is 1. The fraction of sp³-hybridized carbons (Fsp3) is 0.214. The van der Waals surface area contributed by atoms with Crippen LogP contribution in [0.25, 0.3) is 22.2 Å². The summed E-state index contributed by atoms with van der Waals surface area (Å²) in [5.41, 5.74) is 2.76. The van der Waals surface area contributed by atoms with E-state index in [1.807, 2.05) is 31.2 Å². The number of furan rings is 1. The molecule has 0 spiro atoms. The molecule has 1 aromatic carbocycles. The molecule has 1 atom stereocenters. The predicted molar refractivity (Wildman–Crippen MR) is 72.7 cm³/mol. The zero-order valence-electron chi connectivity index (χ0n) is 10.2. The lowest BCUT2D eigenvalue weighted by atomic mass is 10.1. The summed E-state index contributed by atoms with van der Waals surface area (Å²) in [6, 6.07) is 7.90. The number of nitrogens with zero attached hydrogens (tertiary/aromatic N) is 1. The van der Waals surface area contributed by atoms with E-state index < -0.39 is 6.10 Å². The molecule has 18 heavy (non-hydrogen) atoms. The van der Waals surface area contributed by atoms with Gasteiger partial charge in [0.2, 0.25) is 0 Å². The zero-order chi connectivity index (χ0) is 12.7. The molecule has 3 aromatic rings. The van der Waals surface area contributed by atoms with Crippen LogP contribution in [0.1, 0.15) is 22.9 Å². The average Bonchev–Trinajstić information content (AvgIpc) is 2.92. The highest BCUT2D eigenvalue weighted by atomic mass is 32.1. The Balaban J connectivity index is 2.20. The van der Waals surface area contributed by atoms with Gasteiger partial charge in [0.05, 0.1) is 5.69 Å². The van der Waals surface area contributed by atoms with Gasteiger partial charge in [-0.2, -0.15) is 0 Å². The monoisotopic (exact) mass is 259 g/mol. The van der Waals surface area contributed by atoms with Gasteiger partial charge in [-0.3, -0.25) is 0 Å². The summed E-state index contributed by atoms with van der Waals surface area (Å²) in [6.45, 7) is 3.75. The number of para-hydroxylation sites is 1. The van der Waals surface area contributed by atoms with Crippen LogP contribution in [0.15, 0.2) is 34.9 Å². The van der Waals surface area contributed by atoms with E-state index in [-0.39, 0.29) is 0 Å². The summed E-state index contributed by atoms with van der Waals surface area (Å²) in [5, 5.41) is 11.4. The fourth-order valence-corrected chi connectivity index (χ4v) is 2.88. The minimum Gasteiger partial charge on any atom is -0.464 e. The van der Waals surface area contributed by atoms with Crippen molar-refractivity contribution in [2.75, 3.05) is 0 Å². The number of fused-ring (bicyclic) bond motifs is 1. The Kier molecular flexibility index (Phi) is 2.69. The van der Waals surface area contributed by atoms with E-state index >= 15 is 0 Å². The second kappa shape index (κ2) is 4.23. The minimum absolute atomic E-state index is 0.527. The summed E-state index contributed by atoms with van der Waals surface area (Å²) in [5.74, 6) is 0. The average molecular weight is 259 g/mol. The normalized spacial score (nSPS) is 13.1. The largest absolute Gasteiger partial charge is 0.464 e. The highest BCUT2D eigenvalue weighted by Crippen LogP contribution is 2.35. The summed E-state index contributed by atoms with van der Waals surface area (Å²) < 4.78 is 5.53. The number of aryl methyl sites for hydroxylation is 1. The first-order valence-electron chi connectivity index (χ1n) is 5.79.